The lowest BCUT2D eigenvalue weighted by Crippen LogP contribution is -2.56. The zero-order valence-electron chi connectivity index (χ0n) is 7.56. The second-order valence-electron chi connectivity index (χ2n) is 2.76. The average Bonchev–Trinajstić information content (AvgIpc) is 2.04. The van der Waals surface area contributed by atoms with Crippen LogP contribution in [0.1, 0.15) is 6.92 Å². The van der Waals surface area contributed by atoms with Gasteiger partial charge in [-0.05, 0) is 0 Å². The van der Waals surface area contributed by atoms with Gasteiger partial charge in [-0.1, -0.05) is 6.92 Å². The molecule has 0 aromatic carbocycles. The minimum atomic E-state index is -3.40. The van der Waals surface area contributed by atoms with Crippen LogP contribution in [0, 0.1) is 0 Å². The minimum absolute atomic E-state index is 0.255. The van der Waals surface area contributed by atoms with Crippen LogP contribution in [0.5, 0.6) is 0 Å². The molecule has 0 spiro atoms. The molecule has 1 aliphatic heterocycles. The fraction of sp³-hybridized carbons (Fsp3) is 1.00. The molecule has 13 heavy (non-hydrogen) atoms. The number of nitrogens with one attached hydrogen (secondary N) is 1. The molecule has 1 fully saturated rings. The number of hydrogen-bond acceptors (Lipinski definition) is 4. The first kappa shape index (κ1) is 10.9. The van der Waals surface area contributed by atoms with Crippen molar-refractivity contribution in [3.63, 3.8) is 0 Å². The summed E-state index contributed by atoms with van der Waals surface area (Å²) in [6, 6.07) is 0. The summed E-state index contributed by atoms with van der Waals surface area (Å²) in [6.45, 7) is 3.06. The molecule has 0 radical (unpaired) electrons. The van der Waals surface area contributed by atoms with E-state index in [1.54, 1.807) is 6.92 Å². The number of morpholine rings is 1. The fourth-order valence-corrected chi connectivity index (χ4v) is 2.43. The first-order valence-electron chi connectivity index (χ1n) is 4.17. The van der Waals surface area contributed by atoms with E-state index in [2.05, 4.69) is 4.72 Å². The van der Waals surface area contributed by atoms with Crippen LogP contribution in [-0.4, -0.2) is 45.2 Å². The van der Waals surface area contributed by atoms with E-state index in [9.17, 15) is 8.42 Å². The quantitative estimate of drug-likeness (QED) is 0.590. The summed E-state index contributed by atoms with van der Waals surface area (Å²) < 4.78 is 31.6. The Morgan fingerprint density at radius 1 is 1.69 bits per heavy atom. The van der Waals surface area contributed by atoms with Crippen LogP contribution in [0.3, 0.4) is 0 Å². The molecule has 78 valence electrons. The molecule has 1 aliphatic rings. The molecule has 1 atom stereocenters. The van der Waals surface area contributed by atoms with Crippen LogP contribution in [-0.2, 0) is 14.9 Å². The van der Waals surface area contributed by atoms with Gasteiger partial charge in [-0.2, -0.15) is 12.7 Å². The minimum Gasteiger partial charge on any atom is -0.377 e. The van der Waals surface area contributed by atoms with Crippen molar-refractivity contribution in [1.82, 2.24) is 9.03 Å². The third-order valence-corrected chi connectivity index (χ3v) is 3.47. The second kappa shape index (κ2) is 4.34. The molecule has 1 saturated heterocycles. The van der Waals surface area contributed by atoms with Gasteiger partial charge in [0, 0.05) is 13.1 Å². The van der Waals surface area contributed by atoms with Crippen molar-refractivity contribution in [3.05, 3.63) is 0 Å². The highest BCUT2D eigenvalue weighted by Gasteiger charge is 2.29. The summed E-state index contributed by atoms with van der Waals surface area (Å²) in [5.74, 6) is 0. The van der Waals surface area contributed by atoms with Gasteiger partial charge in [0.05, 0.1) is 19.4 Å². The van der Waals surface area contributed by atoms with Gasteiger partial charge in [-0.15, -0.1) is 0 Å². The van der Waals surface area contributed by atoms with Crippen LogP contribution in [0.4, 0.5) is 0 Å². The summed E-state index contributed by atoms with van der Waals surface area (Å²) in [5.41, 5.74) is 5.58. The normalized spacial score (nSPS) is 26.2. The first-order valence-corrected chi connectivity index (χ1v) is 5.61. The number of nitrogens with zero attached hydrogens (tertiary/aromatic N) is 1. The zero-order chi connectivity index (χ0) is 9.90. The highest BCUT2D eigenvalue weighted by molar-refractivity contribution is 7.87. The van der Waals surface area contributed by atoms with Crippen molar-refractivity contribution < 1.29 is 13.2 Å². The SMILES string of the molecule is CCNS(=O)(=O)N1CCOCC1N. The molecule has 0 saturated carbocycles. The standard InChI is InChI=1S/C6H15N3O3S/c1-2-8-13(10,11)9-3-4-12-5-6(9)7/h6,8H,2-5,7H2,1H3. The van der Waals surface area contributed by atoms with E-state index in [0.29, 0.717) is 19.7 Å². The van der Waals surface area contributed by atoms with Crippen molar-refractivity contribution in [1.29, 1.82) is 0 Å². The molecule has 0 bridgehead atoms. The maximum Gasteiger partial charge on any atom is 0.280 e. The summed E-state index contributed by atoms with van der Waals surface area (Å²) in [5, 5.41) is 0. The van der Waals surface area contributed by atoms with Crippen LogP contribution in [0.15, 0.2) is 0 Å². The van der Waals surface area contributed by atoms with Crippen molar-refractivity contribution in [2.45, 2.75) is 13.1 Å². The predicted octanol–water partition coefficient (Wildman–Crippen LogP) is -1.54. The lowest BCUT2D eigenvalue weighted by Gasteiger charge is -2.31. The highest BCUT2D eigenvalue weighted by atomic mass is 32.2. The van der Waals surface area contributed by atoms with E-state index in [4.69, 9.17) is 10.5 Å². The molecule has 1 rings (SSSR count). The third-order valence-electron chi connectivity index (χ3n) is 1.75. The molecule has 0 aliphatic carbocycles. The van der Waals surface area contributed by atoms with E-state index in [1.165, 1.54) is 4.31 Å². The molecule has 3 N–H and O–H groups in total. The molecular formula is C6H15N3O3S. The van der Waals surface area contributed by atoms with E-state index >= 15 is 0 Å². The van der Waals surface area contributed by atoms with Gasteiger partial charge in [0.25, 0.3) is 10.2 Å². The molecule has 0 aromatic rings. The molecule has 0 amide bonds. The smallest absolute Gasteiger partial charge is 0.280 e. The van der Waals surface area contributed by atoms with Gasteiger partial charge in [-0.25, -0.2) is 4.72 Å². The lowest BCUT2D eigenvalue weighted by atomic mass is 10.4. The lowest BCUT2D eigenvalue weighted by molar-refractivity contribution is 0.0344. The van der Waals surface area contributed by atoms with Crippen LogP contribution < -0.4 is 10.5 Å². The summed E-state index contributed by atoms with van der Waals surface area (Å²) in [6.07, 6.45) is -0.571. The van der Waals surface area contributed by atoms with Crippen LogP contribution in [0.25, 0.3) is 0 Å². The Bertz CT molecular complexity index is 254. The number of nitrogens with two attached hydrogens (primary N) is 1. The number of ether oxygens (including phenoxy) is 1. The Hall–Kier alpha value is -0.210. The van der Waals surface area contributed by atoms with Crippen LogP contribution in [0.2, 0.25) is 0 Å². The fourth-order valence-electron chi connectivity index (χ4n) is 1.17. The first-order chi connectivity index (χ1) is 6.08. The van der Waals surface area contributed by atoms with E-state index in [-0.39, 0.29) is 6.61 Å². The summed E-state index contributed by atoms with van der Waals surface area (Å²) >= 11 is 0. The van der Waals surface area contributed by atoms with Crippen molar-refractivity contribution >= 4 is 10.2 Å². The number of rotatable bonds is 3. The molecule has 6 nitrogen and oxygen atoms in total. The predicted molar refractivity (Wildman–Crippen MR) is 48.1 cm³/mol. The monoisotopic (exact) mass is 209 g/mol. The van der Waals surface area contributed by atoms with Crippen molar-refractivity contribution in [3.8, 4) is 0 Å². The van der Waals surface area contributed by atoms with Gasteiger partial charge in [0.1, 0.15) is 0 Å². The van der Waals surface area contributed by atoms with Gasteiger partial charge in [-0.3, -0.25) is 0 Å². The Morgan fingerprint density at radius 2 is 2.38 bits per heavy atom. The molecule has 7 heteroatoms. The van der Waals surface area contributed by atoms with E-state index in [1.807, 2.05) is 0 Å². The Labute approximate surface area is 78.2 Å². The van der Waals surface area contributed by atoms with Gasteiger partial charge >= 0.3 is 0 Å². The zero-order valence-corrected chi connectivity index (χ0v) is 8.38. The van der Waals surface area contributed by atoms with E-state index < -0.39 is 16.4 Å². The van der Waals surface area contributed by atoms with E-state index in [0.717, 1.165) is 0 Å². The van der Waals surface area contributed by atoms with Crippen molar-refractivity contribution in [2.24, 2.45) is 5.73 Å². The Kier molecular flexibility index (Phi) is 3.63. The average molecular weight is 209 g/mol. The Balaban J connectivity index is 2.68. The number of hydrogen-bond donors (Lipinski definition) is 2. The van der Waals surface area contributed by atoms with Gasteiger partial charge in [0.15, 0.2) is 0 Å². The summed E-state index contributed by atoms with van der Waals surface area (Å²) in [7, 11) is -3.40. The Morgan fingerprint density at radius 3 is 2.92 bits per heavy atom. The topological polar surface area (TPSA) is 84.7 Å². The second-order valence-corrected chi connectivity index (χ2v) is 4.46. The molecule has 1 unspecified atom stereocenters. The molecular weight excluding hydrogens is 194 g/mol. The van der Waals surface area contributed by atoms with Gasteiger partial charge < -0.3 is 10.5 Å². The maximum atomic E-state index is 11.5. The van der Waals surface area contributed by atoms with Crippen molar-refractivity contribution in [2.75, 3.05) is 26.3 Å². The summed E-state index contributed by atoms with van der Waals surface area (Å²) in [4.78, 5) is 0. The molecule has 1 heterocycles. The largest absolute Gasteiger partial charge is 0.377 e. The maximum absolute atomic E-state index is 11.5. The third kappa shape index (κ3) is 2.61. The molecule has 0 aromatic heterocycles. The highest BCUT2D eigenvalue weighted by Crippen LogP contribution is 2.06. The van der Waals surface area contributed by atoms with Crippen LogP contribution >= 0.6 is 0 Å². The van der Waals surface area contributed by atoms with Gasteiger partial charge in [0.2, 0.25) is 0 Å².